The van der Waals surface area contributed by atoms with Crippen LogP contribution < -0.4 is 10.2 Å². The molecule has 0 aliphatic carbocycles. The molecular formula is C26H22N4O3S. The fourth-order valence-electron chi connectivity index (χ4n) is 4.11. The number of thioether (sulfide) groups is 1. The summed E-state index contributed by atoms with van der Waals surface area (Å²) in [5.41, 5.74) is 3.73. The van der Waals surface area contributed by atoms with Crippen molar-refractivity contribution in [3.05, 3.63) is 88.8 Å². The van der Waals surface area contributed by atoms with Gasteiger partial charge in [0.05, 0.1) is 16.7 Å². The number of imide groups is 1. The van der Waals surface area contributed by atoms with Gasteiger partial charge in [0.1, 0.15) is 0 Å². The first-order valence-corrected chi connectivity index (χ1v) is 11.6. The van der Waals surface area contributed by atoms with E-state index < -0.39 is 17.1 Å². The molecule has 170 valence electrons. The summed E-state index contributed by atoms with van der Waals surface area (Å²) in [7, 11) is 3.94. The summed E-state index contributed by atoms with van der Waals surface area (Å²) >= 11 is 0.722. The van der Waals surface area contributed by atoms with Crippen LogP contribution in [0.3, 0.4) is 0 Å². The van der Waals surface area contributed by atoms with Crippen molar-refractivity contribution in [2.75, 3.05) is 19.0 Å². The van der Waals surface area contributed by atoms with Gasteiger partial charge in [-0.05, 0) is 51.9 Å². The van der Waals surface area contributed by atoms with E-state index in [0.29, 0.717) is 6.42 Å². The van der Waals surface area contributed by atoms with Crippen molar-refractivity contribution >= 4 is 51.0 Å². The van der Waals surface area contributed by atoms with Crippen LogP contribution in [0.1, 0.15) is 23.6 Å². The number of carbonyl (C=O) groups is 3. The lowest BCUT2D eigenvalue weighted by atomic mass is 9.96. The molecule has 5 rings (SSSR count). The molecule has 3 aromatic rings. The zero-order valence-electron chi connectivity index (χ0n) is 18.7. The second-order valence-electron chi connectivity index (χ2n) is 8.35. The van der Waals surface area contributed by atoms with Gasteiger partial charge in [0.25, 0.3) is 17.1 Å². The summed E-state index contributed by atoms with van der Waals surface area (Å²) in [6.07, 6.45) is 1.73. The molecule has 1 unspecified atom stereocenters. The van der Waals surface area contributed by atoms with Crippen LogP contribution in [0.25, 0.3) is 10.8 Å². The molecule has 2 aliphatic rings. The van der Waals surface area contributed by atoms with Crippen LogP contribution in [0, 0.1) is 0 Å². The second-order valence-corrected chi connectivity index (χ2v) is 9.36. The van der Waals surface area contributed by atoms with Crippen molar-refractivity contribution in [2.24, 2.45) is 5.10 Å². The number of amides is 3. The second kappa shape index (κ2) is 8.79. The van der Waals surface area contributed by atoms with Gasteiger partial charge in [0.2, 0.25) is 0 Å². The van der Waals surface area contributed by atoms with E-state index in [-0.39, 0.29) is 10.9 Å². The molecule has 0 aromatic heterocycles. The van der Waals surface area contributed by atoms with Crippen molar-refractivity contribution in [1.82, 2.24) is 10.3 Å². The molecule has 8 heteroatoms. The molecule has 1 fully saturated rings. The number of rotatable bonds is 4. The summed E-state index contributed by atoms with van der Waals surface area (Å²) < 4.78 is 0. The molecule has 1 N–H and O–H groups in total. The first-order chi connectivity index (χ1) is 16.4. The Hall–Kier alpha value is -3.91. The average Bonchev–Trinajstić information content (AvgIpc) is 3.42. The fraction of sp³-hybridized carbons (Fsp3) is 0.154. The van der Waals surface area contributed by atoms with Gasteiger partial charge in [-0.3, -0.25) is 19.7 Å². The first-order valence-electron chi connectivity index (χ1n) is 10.8. The Kier molecular flexibility index (Phi) is 5.67. The van der Waals surface area contributed by atoms with E-state index in [4.69, 9.17) is 0 Å². The summed E-state index contributed by atoms with van der Waals surface area (Å²) in [5.74, 6) is -1.00. The third-order valence-corrected chi connectivity index (χ3v) is 6.72. The van der Waals surface area contributed by atoms with Crippen LogP contribution >= 0.6 is 11.8 Å². The summed E-state index contributed by atoms with van der Waals surface area (Å²) in [6, 6.07) is 21.9. The molecule has 7 nitrogen and oxygen atoms in total. The SMILES string of the molecule is CN(C)c1ccc(C2CC(c3ccc4ccccc4c3)=NN2C(=O)/C=C2\SC(=O)NC2=O)cc1. The van der Waals surface area contributed by atoms with Crippen LogP contribution in [0.4, 0.5) is 10.5 Å². The number of nitrogens with one attached hydrogen (secondary N) is 1. The lowest BCUT2D eigenvalue weighted by Crippen LogP contribution is -2.26. The number of benzene rings is 3. The monoisotopic (exact) mass is 470 g/mol. The molecule has 3 aromatic carbocycles. The van der Waals surface area contributed by atoms with E-state index in [2.05, 4.69) is 22.6 Å². The standard InChI is InChI=1S/C26H22N4O3S/c1-29(2)20-11-9-17(10-12-20)22-14-21(19-8-7-16-5-3-4-6-18(16)13-19)28-30(22)24(31)15-23-25(32)27-26(33)34-23/h3-13,15,22H,14H2,1-2H3,(H,27,32,33)/b23-15-. The predicted octanol–water partition coefficient (Wildman–Crippen LogP) is 4.45. The van der Waals surface area contributed by atoms with E-state index in [1.807, 2.05) is 73.6 Å². The highest BCUT2D eigenvalue weighted by molar-refractivity contribution is 8.18. The normalized spacial score (nSPS) is 19.0. The van der Waals surface area contributed by atoms with Crippen molar-refractivity contribution in [3.8, 4) is 0 Å². The van der Waals surface area contributed by atoms with Gasteiger partial charge in [-0.1, -0.05) is 48.5 Å². The molecular weight excluding hydrogens is 448 g/mol. The number of hydrogen-bond donors (Lipinski definition) is 1. The number of nitrogens with zero attached hydrogens (tertiary/aromatic N) is 3. The van der Waals surface area contributed by atoms with Crippen LogP contribution in [-0.4, -0.2) is 41.9 Å². The summed E-state index contributed by atoms with van der Waals surface area (Å²) in [6.45, 7) is 0. The minimum Gasteiger partial charge on any atom is -0.378 e. The quantitative estimate of drug-likeness (QED) is 0.570. The molecule has 2 aliphatic heterocycles. The third kappa shape index (κ3) is 4.20. The Bertz CT molecular complexity index is 1380. The number of hydrogen-bond acceptors (Lipinski definition) is 6. The van der Waals surface area contributed by atoms with Crippen molar-refractivity contribution in [1.29, 1.82) is 0 Å². The highest BCUT2D eigenvalue weighted by Gasteiger charge is 2.34. The van der Waals surface area contributed by atoms with Crippen molar-refractivity contribution in [2.45, 2.75) is 12.5 Å². The third-order valence-electron chi connectivity index (χ3n) is 5.91. The van der Waals surface area contributed by atoms with Gasteiger partial charge < -0.3 is 4.90 Å². The van der Waals surface area contributed by atoms with E-state index >= 15 is 0 Å². The summed E-state index contributed by atoms with van der Waals surface area (Å²) in [4.78, 5) is 38.8. The Morgan fingerprint density at radius 3 is 2.47 bits per heavy atom. The summed E-state index contributed by atoms with van der Waals surface area (Å²) in [5, 5.41) is 10.0. The molecule has 0 radical (unpaired) electrons. The Morgan fingerprint density at radius 1 is 1.06 bits per heavy atom. The molecule has 0 spiro atoms. The highest BCUT2D eigenvalue weighted by atomic mass is 32.2. The molecule has 34 heavy (non-hydrogen) atoms. The average molecular weight is 471 g/mol. The minimum atomic E-state index is -0.562. The number of hydrazone groups is 1. The number of anilines is 1. The maximum Gasteiger partial charge on any atom is 0.290 e. The largest absolute Gasteiger partial charge is 0.378 e. The minimum absolute atomic E-state index is 0.0751. The van der Waals surface area contributed by atoms with Gasteiger partial charge in [-0.15, -0.1) is 0 Å². The fourth-order valence-corrected chi connectivity index (χ4v) is 4.76. The van der Waals surface area contributed by atoms with Crippen LogP contribution in [0.5, 0.6) is 0 Å². The molecule has 0 saturated carbocycles. The van der Waals surface area contributed by atoms with Crippen LogP contribution in [-0.2, 0) is 9.59 Å². The van der Waals surface area contributed by atoms with E-state index in [1.165, 1.54) is 11.1 Å². The Labute approximate surface area is 201 Å². The topological polar surface area (TPSA) is 82.1 Å². The smallest absolute Gasteiger partial charge is 0.290 e. The van der Waals surface area contributed by atoms with Gasteiger partial charge in [0.15, 0.2) is 0 Å². The molecule has 0 bridgehead atoms. The highest BCUT2D eigenvalue weighted by Crippen LogP contribution is 2.35. The maximum absolute atomic E-state index is 13.2. The van der Waals surface area contributed by atoms with E-state index in [0.717, 1.165) is 45.1 Å². The molecule has 1 atom stereocenters. The van der Waals surface area contributed by atoms with E-state index in [1.54, 1.807) is 0 Å². The lowest BCUT2D eigenvalue weighted by Gasteiger charge is -2.22. The van der Waals surface area contributed by atoms with Gasteiger partial charge in [-0.2, -0.15) is 5.10 Å². The first kappa shape index (κ1) is 21.9. The maximum atomic E-state index is 13.2. The number of carbonyl (C=O) groups excluding carboxylic acids is 3. The Morgan fingerprint density at radius 2 is 1.79 bits per heavy atom. The van der Waals surface area contributed by atoms with Crippen LogP contribution in [0.2, 0.25) is 0 Å². The van der Waals surface area contributed by atoms with Crippen molar-refractivity contribution < 1.29 is 14.4 Å². The lowest BCUT2D eigenvalue weighted by molar-refractivity contribution is -0.128. The molecule has 3 amide bonds. The zero-order valence-corrected chi connectivity index (χ0v) is 19.5. The Balaban J connectivity index is 1.51. The predicted molar refractivity (Wildman–Crippen MR) is 135 cm³/mol. The van der Waals surface area contributed by atoms with Gasteiger partial charge >= 0.3 is 0 Å². The van der Waals surface area contributed by atoms with E-state index in [9.17, 15) is 14.4 Å². The van der Waals surface area contributed by atoms with Gasteiger partial charge in [0, 0.05) is 32.3 Å². The number of fused-ring (bicyclic) bond motifs is 1. The van der Waals surface area contributed by atoms with Gasteiger partial charge in [-0.25, -0.2) is 5.01 Å². The molecule has 2 heterocycles. The molecule has 1 saturated heterocycles. The van der Waals surface area contributed by atoms with Crippen LogP contribution in [0.15, 0.2) is 82.8 Å². The zero-order chi connectivity index (χ0) is 23.8. The van der Waals surface area contributed by atoms with Crippen molar-refractivity contribution in [3.63, 3.8) is 0 Å².